The average Bonchev–Trinajstić information content (AvgIpc) is 1.97. The fourth-order valence-corrected chi connectivity index (χ4v) is 1.51. The molecule has 0 aliphatic heterocycles. The van der Waals surface area contributed by atoms with Crippen molar-refractivity contribution in [3.05, 3.63) is 22.8 Å². The van der Waals surface area contributed by atoms with Crippen molar-refractivity contribution >= 4 is 0 Å². The number of hydrogen-bond donors (Lipinski definition) is 0. The lowest BCUT2D eigenvalue weighted by Crippen LogP contribution is -2.19. The highest BCUT2D eigenvalue weighted by Crippen LogP contribution is 2.30. The van der Waals surface area contributed by atoms with Gasteiger partial charge in [0.25, 0.3) is 0 Å². The van der Waals surface area contributed by atoms with Crippen LogP contribution in [-0.4, -0.2) is 6.17 Å². The van der Waals surface area contributed by atoms with E-state index in [0.717, 1.165) is 5.57 Å². The monoisotopic (exact) mass is 154 g/mol. The van der Waals surface area contributed by atoms with Crippen LogP contribution in [0.2, 0.25) is 0 Å². The molecule has 0 aromatic rings. The van der Waals surface area contributed by atoms with E-state index in [1.165, 1.54) is 11.1 Å². The summed E-state index contributed by atoms with van der Waals surface area (Å²) in [5.74, 6) is 0.0694. The summed E-state index contributed by atoms with van der Waals surface area (Å²) >= 11 is 0. The molecule has 0 aromatic heterocycles. The normalized spacial score (nSPS) is 32.3. The van der Waals surface area contributed by atoms with Crippen molar-refractivity contribution in [2.45, 2.75) is 33.9 Å². The van der Waals surface area contributed by atoms with E-state index in [2.05, 4.69) is 0 Å². The van der Waals surface area contributed by atoms with E-state index in [4.69, 9.17) is 0 Å². The van der Waals surface area contributed by atoms with Gasteiger partial charge in [0.05, 0.1) is 0 Å². The summed E-state index contributed by atoms with van der Waals surface area (Å²) in [4.78, 5) is 0. The van der Waals surface area contributed by atoms with Gasteiger partial charge in [-0.25, -0.2) is 4.39 Å². The third kappa shape index (κ3) is 1.37. The predicted molar refractivity (Wildman–Crippen MR) is 46.2 cm³/mol. The first kappa shape index (κ1) is 8.51. The van der Waals surface area contributed by atoms with Crippen LogP contribution in [0, 0.1) is 5.92 Å². The molecule has 0 amide bonds. The van der Waals surface area contributed by atoms with Gasteiger partial charge in [0.1, 0.15) is 6.17 Å². The summed E-state index contributed by atoms with van der Waals surface area (Å²) in [7, 11) is 0. The summed E-state index contributed by atoms with van der Waals surface area (Å²) < 4.78 is 13.3. The maximum absolute atomic E-state index is 13.3. The molecule has 0 radical (unpaired) electrons. The summed E-state index contributed by atoms with van der Waals surface area (Å²) in [6.07, 6.45) is 1.18. The second kappa shape index (κ2) is 2.80. The van der Waals surface area contributed by atoms with Crippen molar-refractivity contribution in [3.63, 3.8) is 0 Å². The molecule has 1 aliphatic rings. The molecule has 0 saturated carbocycles. The van der Waals surface area contributed by atoms with Crippen LogP contribution < -0.4 is 0 Å². The molecule has 0 spiro atoms. The molecular weight excluding hydrogens is 139 g/mol. The minimum atomic E-state index is -0.765. The minimum Gasteiger partial charge on any atom is -0.242 e. The zero-order valence-corrected chi connectivity index (χ0v) is 7.61. The Balaban J connectivity index is 3.01. The van der Waals surface area contributed by atoms with Gasteiger partial charge in [-0.3, -0.25) is 0 Å². The Hall–Kier alpha value is -0.590. The Labute approximate surface area is 67.8 Å². The SMILES string of the molecule is CC1=CC(C)=C(C)C(C)C1F. The molecule has 0 aromatic carbocycles. The first-order valence-corrected chi connectivity index (χ1v) is 4.03. The van der Waals surface area contributed by atoms with Crippen molar-refractivity contribution in [1.82, 2.24) is 0 Å². The van der Waals surface area contributed by atoms with Gasteiger partial charge >= 0.3 is 0 Å². The molecule has 1 aliphatic carbocycles. The van der Waals surface area contributed by atoms with E-state index >= 15 is 0 Å². The Morgan fingerprint density at radius 3 is 2.36 bits per heavy atom. The van der Waals surface area contributed by atoms with Crippen LogP contribution in [0.3, 0.4) is 0 Å². The summed E-state index contributed by atoms with van der Waals surface area (Å²) in [5.41, 5.74) is 3.27. The third-order valence-electron chi connectivity index (χ3n) is 2.62. The third-order valence-corrected chi connectivity index (χ3v) is 2.62. The lowest BCUT2D eigenvalue weighted by Gasteiger charge is -2.24. The zero-order valence-electron chi connectivity index (χ0n) is 7.61. The Kier molecular flexibility index (Phi) is 2.17. The summed E-state index contributed by atoms with van der Waals surface area (Å²) in [5, 5.41) is 0. The van der Waals surface area contributed by atoms with E-state index < -0.39 is 6.17 Å². The van der Waals surface area contributed by atoms with Gasteiger partial charge < -0.3 is 0 Å². The lowest BCUT2D eigenvalue weighted by molar-refractivity contribution is 0.305. The standard InChI is InChI=1S/C10H15F/c1-6-5-7(2)10(11)9(4)8(6)3/h5,9-10H,1-4H3. The van der Waals surface area contributed by atoms with Gasteiger partial charge in [0, 0.05) is 5.92 Å². The molecule has 62 valence electrons. The largest absolute Gasteiger partial charge is 0.242 e. The maximum Gasteiger partial charge on any atom is 0.127 e. The van der Waals surface area contributed by atoms with E-state index in [0.29, 0.717) is 0 Å². The summed E-state index contributed by atoms with van der Waals surface area (Å²) in [6.45, 7) is 7.86. The first-order chi connectivity index (χ1) is 5.04. The topological polar surface area (TPSA) is 0 Å². The number of allylic oxidation sites excluding steroid dienone is 4. The second-order valence-electron chi connectivity index (χ2n) is 3.44. The van der Waals surface area contributed by atoms with Crippen LogP contribution in [0.1, 0.15) is 27.7 Å². The molecule has 0 nitrogen and oxygen atoms in total. The molecule has 0 fully saturated rings. The fraction of sp³-hybridized carbons (Fsp3) is 0.600. The van der Waals surface area contributed by atoms with Crippen molar-refractivity contribution in [1.29, 1.82) is 0 Å². The molecular formula is C10H15F. The molecule has 1 rings (SSSR count). The highest BCUT2D eigenvalue weighted by Gasteiger charge is 2.23. The minimum absolute atomic E-state index is 0.0694. The van der Waals surface area contributed by atoms with Gasteiger partial charge in [-0.1, -0.05) is 24.1 Å². The molecule has 0 N–H and O–H groups in total. The maximum atomic E-state index is 13.3. The van der Waals surface area contributed by atoms with E-state index in [-0.39, 0.29) is 5.92 Å². The van der Waals surface area contributed by atoms with Crippen LogP contribution in [0.4, 0.5) is 4.39 Å². The van der Waals surface area contributed by atoms with Crippen LogP contribution in [0.5, 0.6) is 0 Å². The Morgan fingerprint density at radius 2 is 1.82 bits per heavy atom. The average molecular weight is 154 g/mol. The van der Waals surface area contributed by atoms with Gasteiger partial charge in [-0.2, -0.15) is 0 Å². The van der Waals surface area contributed by atoms with Crippen molar-refractivity contribution in [3.8, 4) is 0 Å². The summed E-state index contributed by atoms with van der Waals surface area (Å²) in [6, 6.07) is 0. The molecule has 2 unspecified atom stereocenters. The first-order valence-electron chi connectivity index (χ1n) is 4.03. The van der Waals surface area contributed by atoms with Gasteiger partial charge in [-0.05, 0) is 26.3 Å². The fourth-order valence-electron chi connectivity index (χ4n) is 1.51. The number of halogens is 1. The van der Waals surface area contributed by atoms with E-state index in [1.54, 1.807) is 0 Å². The molecule has 11 heavy (non-hydrogen) atoms. The van der Waals surface area contributed by atoms with E-state index in [9.17, 15) is 4.39 Å². The number of alkyl halides is 1. The highest BCUT2D eigenvalue weighted by atomic mass is 19.1. The smallest absolute Gasteiger partial charge is 0.127 e. The Bertz CT molecular complexity index is 223. The van der Waals surface area contributed by atoms with Gasteiger partial charge in [0.2, 0.25) is 0 Å². The highest BCUT2D eigenvalue weighted by molar-refractivity contribution is 5.34. The van der Waals surface area contributed by atoms with Crippen LogP contribution in [-0.2, 0) is 0 Å². The van der Waals surface area contributed by atoms with Gasteiger partial charge in [0.15, 0.2) is 0 Å². The van der Waals surface area contributed by atoms with Crippen molar-refractivity contribution in [2.24, 2.45) is 5.92 Å². The Morgan fingerprint density at radius 1 is 1.27 bits per heavy atom. The molecule has 0 bridgehead atoms. The molecule has 1 heteroatoms. The van der Waals surface area contributed by atoms with Crippen LogP contribution >= 0.6 is 0 Å². The predicted octanol–water partition coefficient (Wildman–Crippen LogP) is 3.26. The van der Waals surface area contributed by atoms with Crippen molar-refractivity contribution in [2.75, 3.05) is 0 Å². The molecule has 2 atom stereocenters. The van der Waals surface area contributed by atoms with E-state index in [1.807, 2.05) is 33.8 Å². The molecule has 0 saturated heterocycles. The van der Waals surface area contributed by atoms with Crippen LogP contribution in [0.25, 0.3) is 0 Å². The van der Waals surface area contributed by atoms with Gasteiger partial charge in [-0.15, -0.1) is 0 Å². The molecule has 0 heterocycles. The lowest BCUT2D eigenvalue weighted by atomic mass is 9.85. The second-order valence-corrected chi connectivity index (χ2v) is 3.44. The van der Waals surface area contributed by atoms with Crippen molar-refractivity contribution < 1.29 is 4.39 Å². The van der Waals surface area contributed by atoms with Crippen LogP contribution in [0.15, 0.2) is 22.8 Å². The number of hydrogen-bond acceptors (Lipinski definition) is 0. The zero-order chi connectivity index (χ0) is 8.59. The number of rotatable bonds is 0. The quantitative estimate of drug-likeness (QED) is 0.502.